The summed E-state index contributed by atoms with van der Waals surface area (Å²) >= 11 is 0. The van der Waals surface area contributed by atoms with E-state index in [4.69, 9.17) is 4.74 Å². The van der Waals surface area contributed by atoms with E-state index in [1.165, 1.54) is 0 Å². The summed E-state index contributed by atoms with van der Waals surface area (Å²) < 4.78 is 70.5. The molecule has 0 radical (unpaired) electrons. The predicted octanol–water partition coefficient (Wildman–Crippen LogP) is 1.55. The quantitative estimate of drug-likeness (QED) is 0.713. The number of rotatable bonds is 6. The molecule has 2 aliphatic heterocycles. The van der Waals surface area contributed by atoms with Gasteiger partial charge in [-0.15, -0.1) is 0 Å². The van der Waals surface area contributed by atoms with Crippen molar-refractivity contribution in [3.63, 3.8) is 0 Å². The zero-order chi connectivity index (χ0) is 21.8. The zero-order valence-corrected chi connectivity index (χ0v) is 17.3. The maximum atomic E-state index is 12.8. The molecular weight excluding hydrogens is 423 g/mol. The fourth-order valence-electron chi connectivity index (χ4n) is 3.71. The number of benzene rings is 1. The van der Waals surface area contributed by atoms with Gasteiger partial charge in [0, 0.05) is 32.7 Å². The van der Waals surface area contributed by atoms with E-state index in [2.05, 4.69) is 9.62 Å². The zero-order valence-electron chi connectivity index (χ0n) is 16.5. The standard InChI is InChI=1S/C19H26F3N3O4S/c20-19(21,22)16-2-1-3-17(12-16)30(27,28)23-13-18(26)25-6-4-15(5-7-25)14-24-8-10-29-11-9-24/h1-3,12,15,23H,4-11,13-14H2. The highest BCUT2D eigenvalue weighted by atomic mass is 32.2. The third-order valence-electron chi connectivity index (χ3n) is 5.47. The third-order valence-corrected chi connectivity index (χ3v) is 6.87. The second-order valence-electron chi connectivity index (χ2n) is 7.59. The van der Waals surface area contributed by atoms with Gasteiger partial charge in [0.05, 0.1) is 30.2 Å². The van der Waals surface area contributed by atoms with E-state index in [-0.39, 0.29) is 5.91 Å². The average molecular weight is 449 g/mol. The number of piperidine rings is 1. The van der Waals surface area contributed by atoms with E-state index in [1.54, 1.807) is 4.90 Å². The highest BCUT2D eigenvalue weighted by Gasteiger charge is 2.32. The molecule has 0 unspecified atom stereocenters. The summed E-state index contributed by atoms with van der Waals surface area (Å²) in [4.78, 5) is 15.8. The normalized spacial score (nSPS) is 19.8. The third kappa shape index (κ3) is 6.16. The van der Waals surface area contributed by atoms with Crippen LogP contribution in [0.25, 0.3) is 0 Å². The van der Waals surface area contributed by atoms with Crippen LogP contribution in [0.1, 0.15) is 18.4 Å². The number of carbonyl (C=O) groups is 1. The smallest absolute Gasteiger partial charge is 0.379 e. The highest BCUT2D eigenvalue weighted by molar-refractivity contribution is 7.89. The Hall–Kier alpha value is -1.69. The monoisotopic (exact) mass is 449 g/mol. The van der Waals surface area contributed by atoms with Crippen molar-refractivity contribution in [1.29, 1.82) is 0 Å². The Morgan fingerprint density at radius 1 is 1.13 bits per heavy atom. The SMILES string of the molecule is O=C(CNS(=O)(=O)c1cccc(C(F)(F)F)c1)N1CCC(CN2CCOCC2)CC1. The Bertz CT molecular complexity index is 834. The minimum atomic E-state index is -4.65. The summed E-state index contributed by atoms with van der Waals surface area (Å²) in [7, 11) is -4.22. The summed E-state index contributed by atoms with van der Waals surface area (Å²) in [6, 6.07) is 3.45. The molecule has 0 saturated carbocycles. The van der Waals surface area contributed by atoms with Crippen LogP contribution in [-0.2, 0) is 25.7 Å². The van der Waals surface area contributed by atoms with E-state index in [9.17, 15) is 26.4 Å². The minimum absolute atomic E-state index is 0.379. The molecule has 1 amide bonds. The van der Waals surface area contributed by atoms with Gasteiger partial charge in [0.2, 0.25) is 15.9 Å². The van der Waals surface area contributed by atoms with Gasteiger partial charge >= 0.3 is 6.18 Å². The lowest BCUT2D eigenvalue weighted by molar-refractivity contribution is -0.137. The maximum absolute atomic E-state index is 12.8. The number of nitrogens with zero attached hydrogens (tertiary/aromatic N) is 2. The van der Waals surface area contributed by atoms with Crippen molar-refractivity contribution in [1.82, 2.24) is 14.5 Å². The Labute approximate surface area is 174 Å². The van der Waals surface area contributed by atoms with Crippen LogP contribution in [0.15, 0.2) is 29.2 Å². The molecule has 0 aromatic heterocycles. The van der Waals surface area contributed by atoms with Crippen molar-refractivity contribution in [3.05, 3.63) is 29.8 Å². The van der Waals surface area contributed by atoms with Gasteiger partial charge in [-0.25, -0.2) is 13.1 Å². The number of ether oxygens (including phenoxy) is 1. The van der Waals surface area contributed by atoms with E-state index in [0.717, 1.165) is 63.9 Å². The second kappa shape index (κ2) is 9.63. The van der Waals surface area contributed by atoms with Gasteiger partial charge in [-0.3, -0.25) is 9.69 Å². The topological polar surface area (TPSA) is 79.0 Å². The van der Waals surface area contributed by atoms with E-state index in [0.29, 0.717) is 25.1 Å². The van der Waals surface area contributed by atoms with Crippen molar-refractivity contribution in [2.75, 3.05) is 52.5 Å². The van der Waals surface area contributed by atoms with Crippen LogP contribution in [0.3, 0.4) is 0 Å². The number of likely N-dealkylation sites (tertiary alicyclic amines) is 1. The number of hydrogen-bond donors (Lipinski definition) is 1. The number of amides is 1. The molecule has 7 nitrogen and oxygen atoms in total. The molecule has 0 aliphatic carbocycles. The van der Waals surface area contributed by atoms with Gasteiger partial charge in [-0.1, -0.05) is 6.07 Å². The number of nitrogens with one attached hydrogen (secondary N) is 1. The van der Waals surface area contributed by atoms with Crippen LogP contribution < -0.4 is 4.72 Å². The Kier molecular flexibility index (Phi) is 7.38. The fourth-order valence-corrected chi connectivity index (χ4v) is 4.73. The van der Waals surface area contributed by atoms with Crippen LogP contribution in [0.4, 0.5) is 13.2 Å². The van der Waals surface area contributed by atoms with E-state index in [1.807, 2.05) is 0 Å². The molecule has 0 spiro atoms. The summed E-state index contributed by atoms with van der Waals surface area (Å²) in [5.41, 5.74) is -1.06. The summed E-state index contributed by atoms with van der Waals surface area (Å²) in [5, 5.41) is 0. The Balaban J connectivity index is 1.48. The molecular formula is C19H26F3N3O4S. The average Bonchev–Trinajstić information content (AvgIpc) is 2.73. The van der Waals surface area contributed by atoms with Crippen molar-refractivity contribution in [2.24, 2.45) is 5.92 Å². The predicted molar refractivity (Wildman–Crippen MR) is 103 cm³/mol. The van der Waals surface area contributed by atoms with Crippen LogP contribution >= 0.6 is 0 Å². The molecule has 2 heterocycles. The number of halogens is 3. The summed E-state index contributed by atoms with van der Waals surface area (Å²) in [5.74, 6) is 0.101. The van der Waals surface area contributed by atoms with Crippen LogP contribution in [0.5, 0.6) is 0 Å². The fraction of sp³-hybridized carbons (Fsp3) is 0.632. The number of alkyl halides is 3. The van der Waals surface area contributed by atoms with Gasteiger partial charge in [0.25, 0.3) is 0 Å². The summed E-state index contributed by atoms with van der Waals surface area (Å²) in [6.07, 6.45) is -2.97. The van der Waals surface area contributed by atoms with Crippen molar-refractivity contribution < 1.29 is 31.1 Å². The van der Waals surface area contributed by atoms with Crippen LogP contribution in [0, 0.1) is 5.92 Å². The van der Waals surface area contributed by atoms with Crippen molar-refractivity contribution in [3.8, 4) is 0 Å². The van der Waals surface area contributed by atoms with E-state index >= 15 is 0 Å². The molecule has 2 aliphatic rings. The lowest BCUT2D eigenvalue weighted by atomic mass is 9.96. The first-order chi connectivity index (χ1) is 14.1. The first kappa shape index (κ1) is 23.0. The van der Waals surface area contributed by atoms with E-state index < -0.39 is 33.2 Å². The van der Waals surface area contributed by atoms with Crippen LogP contribution in [0.2, 0.25) is 0 Å². The van der Waals surface area contributed by atoms with Crippen molar-refractivity contribution >= 4 is 15.9 Å². The lowest BCUT2D eigenvalue weighted by Crippen LogP contribution is -2.46. The molecule has 30 heavy (non-hydrogen) atoms. The largest absolute Gasteiger partial charge is 0.416 e. The summed E-state index contributed by atoms with van der Waals surface area (Å²) in [6.45, 7) is 4.87. The van der Waals surface area contributed by atoms with Crippen LogP contribution in [-0.4, -0.2) is 76.6 Å². The molecule has 2 saturated heterocycles. The first-order valence-electron chi connectivity index (χ1n) is 9.90. The molecule has 0 atom stereocenters. The van der Waals surface area contributed by atoms with Crippen molar-refractivity contribution in [2.45, 2.75) is 23.9 Å². The molecule has 1 aromatic rings. The van der Waals surface area contributed by atoms with Gasteiger partial charge in [0.15, 0.2) is 0 Å². The maximum Gasteiger partial charge on any atom is 0.416 e. The molecule has 168 valence electrons. The number of sulfonamides is 1. The van der Waals surface area contributed by atoms with Gasteiger partial charge in [-0.2, -0.15) is 13.2 Å². The number of hydrogen-bond acceptors (Lipinski definition) is 5. The van der Waals surface area contributed by atoms with Gasteiger partial charge in [-0.05, 0) is 37.0 Å². The van der Waals surface area contributed by atoms with Gasteiger partial charge < -0.3 is 9.64 Å². The molecule has 2 fully saturated rings. The minimum Gasteiger partial charge on any atom is -0.379 e. The molecule has 3 rings (SSSR count). The Morgan fingerprint density at radius 3 is 2.43 bits per heavy atom. The highest BCUT2D eigenvalue weighted by Crippen LogP contribution is 2.30. The van der Waals surface area contributed by atoms with Gasteiger partial charge in [0.1, 0.15) is 0 Å². The molecule has 1 N–H and O–H groups in total. The molecule has 0 bridgehead atoms. The molecule has 1 aromatic carbocycles. The second-order valence-corrected chi connectivity index (χ2v) is 9.35. The first-order valence-corrected chi connectivity index (χ1v) is 11.4. The number of morpholine rings is 1. The Morgan fingerprint density at radius 2 is 1.80 bits per heavy atom. The molecule has 11 heteroatoms. The number of carbonyl (C=O) groups excluding carboxylic acids is 1. The lowest BCUT2D eigenvalue weighted by Gasteiger charge is -2.36.